The van der Waals surface area contributed by atoms with E-state index in [1.165, 1.54) is 5.56 Å². The van der Waals surface area contributed by atoms with Crippen molar-refractivity contribution in [2.24, 2.45) is 0 Å². The number of benzene rings is 2. The molecule has 0 bridgehead atoms. The van der Waals surface area contributed by atoms with Gasteiger partial charge in [0.05, 0.1) is 12.3 Å². The van der Waals surface area contributed by atoms with Crippen LogP contribution in [0.2, 0.25) is 0 Å². The number of rotatable bonds is 5. The fourth-order valence-electron chi connectivity index (χ4n) is 3.48. The predicted octanol–water partition coefficient (Wildman–Crippen LogP) is 4.07. The largest absolute Gasteiger partial charge is 0.461 e. The molecule has 1 aromatic heterocycles. The fourth-order valence-corrected chi connectivity index (χ4v) is 3.48. The van der Waals surface area contributed by atoms with E-state index in [2.05, 4.69) is 24.2 Å². The van der Waals surface area contributed by atoms with Gasteiger partial charge in [0.15, 0.2) is 5.69 Å². The zero-order valence-corrected chi connectivity index (χ0v) is 14.9. The van der Waals surface area contributed by atoms with Gasteiger partial charge in [-0.1, -0.05) is 48.0 Å². The van der Waals surface area contributed by atoms with Gasteiger partial charge in [-0.3, -0.25) is 0 Å². The van der Waals surface area contributed by atoms with Crippen LogP contribution in [-0.4, -0.2) is 22.4 Å². The van der Waals surface area contributed by atoms with Crippen LogP contribution in [0, 0.1) is 6.92 Å². The Morgan fingerprint density at radius 3 is 2.62 bits per heavy atom. The molecule has 4 rings (SSSR count). The maximum absolute atomic E-state index is 12.6. The van der Waals surface area contributed by atoms with Crippen molar-refractivity contribution in [2.75, 3.05) is 6.61 Å². The van der Waals surface area contributed by atoms with Gasteiger partial charge < -0.3 is 4.74 Å². The fraction of sp³-hybridized carbons (Fsp3) is 0.273. The van der Waals surface area contributed by atoms with Crippen molar-refractivity contribution in [2.45, 2.75) is 32.6 Å². The van der Waals surface area contributed by atoms with Gasteiger partial charge in [-0.15, -0.1) is 0 Å². The van der Waals surface area contributed by atoms with Crippen LogP contribution >= 0.6 is 0 Å². The average Bonchev–Trinajstić information content (AvgIpc) is 3.26. The number of carbonyl (C=O) groups is 1. The molecule has 2 aromatic carbocycles. The maximum Gasteiger partial charge on any atom is 0.359 e. The Hall–Kier alpha value is -2.88. The quantitative estimate of drug-likeness (QED) is 0.654. The monoisotopic (exact) mass is 346 g/mol. The van der Waals surface area contributed by atoms with Crippen LogP contribution in [0.4, 0.5) is 0 Å². The molecule has 1 aliphatic carbocycles. The summed E-state index contributed by atoms with van der Waals surface area (Å²) in [4.78, 5) is 12.6. The first-order valence-electron chi connectivity index (χ1n) is 9.11. The van der Waals surface area contributed by atoms with Crippen LogP contribution in [0.1, 0.15) is 39.3 Å². The minimum Gasteiger partial charge on any atom is -0.461 e. The minimum absolute atomic E-state index is 0.315. The van der Waals surface area contributed by atoms with Crippen LogP contribution in [0.3, 0.4) is 0 Å². The number of ether oxygens (including phenoxy) is 1. The summed E-state index contributed by atoms with van der Waals surface area (Å²) >= 11 is 0. The molecule has 0 N–H and O–H groups in total. The third kappa shape index (κ3) is 3.27. The minimum atomic E-state index is -0.315. The number of fused-ring (bicyclic) bond motifs is 1. The highest BCUT2D eigenvalue weighted by molar-refractivity contribution is 5.89. The molecular weight excluding hydrogens is 324 g/mol. The van der Waals surface area contributed by atoms with Crippen LogP contribution in [0.5, 0.6) is 0 Å². The third-order valence-corrected chi connectivity index (χ3v) is 4.87. The Balaban J connectivity index is 1.52. The van der Waals surface area contributed by atoms with E-state index in [1.54, 1.807) is 0 Å². The highest BCUT2D eigenvalue weighted by Gasteiger charge is 2.27. The van der Waals surface area contributed by atoms with Crippen molar-refractivity contribution in [3.8, 4) is 5.69 Å². The molecule has 1 aliphatic rings. The lowest BCUT2D eigenvalue weighted by Crippen LogP contribution is -2.11. The first-order valence-corrected chi connectivity index (χ1v) is 9.11. The van der Waals surface area contributed by atoms with Gasteiger partial charge in [-0.05, 0) is 43.9 Å². The lowest BCUT2D eigenvalue weighted by molar-refractivity contribution is 0.0500. The highest BCUT2D eigenvalue weighted by Crippen LogP contribution is 2.28. The van der Waals surface area contributed by atoms with Crippen LogP contribution in [0.25, 0.3) is 5.69 Å². The number of carbonyl (C=O) groups excluding carboxylic acids is 1. The van der Waals surface area contributed by atoms with E-state index in [0.717, 1.165) is 41.8 Å². The van der Waals surface area contributed by atoms with Crippen LogP contribution < -0.4 is 0 Å². The highest BCUT2D eigenvalue weighted by atomic mass is 16.5. The van der Waals surface area contributed by atoms with Crippen molar-refractivity contribution in [1.29, 1.82) is 0 Å². The Morgan fingerprint density at radius 1 is 1.08 bits per heavy atom. The number of aryl methyl sites for hydroxylation is 1. The second-order valence-electron chi connectivity index (χ2n) is 6.75. The molecule has 0 aliphatic heterocycles. The Bertz CT molecular complexity index is 911. The van der Waals surface area contributed by atoms with E-state index in [0.29, 0.717) is 18.7 Å². The lowest BCUT2D eigenvalue weighted by Gasteiger charge is -2.06. The third-order valence-electron chi connectivity index (χ3n) is 4.87. The molecule has 26 heavy (non-hydrogen) atoms. The SMILES string of the molecule is Cc1ccc(-n2nc(C(=O)OCCc3ccccc3)c3c2CCC3)cc1. The van der Waals surface area contributed by atoms with Crippen molar-refractivity contribution in [3.05, 3.63) is 82.7 Å². The van der Waals surface area contributed by atoms with Crippen molar-refractivity contribution in [1.82, 2.24) is 9.78 Å². The van der Waals surface area contributed by atoms with Crippen LogP contribution in [0.15, 0.2) is 54.6 Å². The molecule has 0 atom stereocenters. The van der Waals surface area contributed by atoms with Gasteiger partial charge in [-0.25, -0.2) is 9.48 Å². The van der Waals surface area contributed by atoms with E-state index < -0.39 is 0 Å². The Morgan fingerprint density at radius 2 is 1.85 bits per heavy atom. The average molecular weight is 346 g/mol. The summed E-state index contributed by atoms with van der Waals surface area (Å²) in [7, 11) is 0. The maximum atomic E-state index is 12.6. The summed E-state index contributed by atoms with van der Waals surface area (Å²) in [6.07, 6.45) is 3.62. The molecule has 3 aromatic rings. The Kier molecular flexibility index (Phi) is 4.57. The van der Waals surface area contributed by atoms with E-state index in [4.69, 9.17) is 4.74 Å². The van der Waals surface area contributed by atoms with Crippen molar-refractivity contribution >= 4 is 5.97 Å². The molecule has 4 nitrogen and oxygen atoms in total. The van der Waals surface area contributed by atoms with Crippen LogP contribution in [-0.2, 0) is 24.0 Å². The zero-order chi connectivity index (χ0) is 17.9. The second-order valence-corrected chi connectivity index (χ2v) is 6.75. The molecule has 132 valence electrons. The molecule has 1 heterocycles. The molecule has 0 amide bonds. The molecule has 0 radical (unpaired) electrons. The van der Waals surface area contributed by atoms with E-state index >= 15 is 0 Å². The van der Waals surface area contributed by atoms with Gasteiger partial charge >= 0.3 is 5.97 Å². The molecule has 0 saturated heterocycles. The van der Waals surface area contributed by atoms with E-state index in [9.17, 15) is 4.79 Å². The normalized spacial score (nSPS) is 12.8. The summed E-state index contributed by atoms with van der Waals surface area (Å²) in [6.45, 7) is 2.43. The molecule has 0 spiro atoms. The molecule has 4 heteroatoms. The van der Waals surface area contributed by atoms with Crippen molar-refractivity contribution < 1.29 is 9.53 Å². The zero-order valence-electron chi connectivity index (χ0n) is 14.9. The second kappa shape index (κ2) is 7.16. The van der Waals surface area contributed by atoms with Gasteiger partial charge in [0, 0.05) is 17.7 Å². The molecule has 0 saturated carbocycles. The van der Waals surface area contributed by atoms with Gasteiger partial charge in [0.2, 0.25) is 0 Å². The molecule has 0 unspecified atom stereocenters. The summed E-state index contributed by atoms with van der Waals surface area (Å²) in [5, 5.41) is 4.60. The van der Waals surface area contributed by atoms with Gasteiger partial charge in [0.25, 0.3) is 0 Å². The van der Waals surface area contributed by atoms with E-state index in [1.807, 2.05) is 47.1 Å². The lowest BCUT2D eigenvalue weighted by atomic mass is 10.2. The van der Waals surface area contributed by atoms with Gasteiger partial charge in [-0.2, -0.15) is 5.10 Å². The smallest absolute Gasteiger partial charge is 0.359 e. The standard InChI is InChI=1S/C22H22N2O2/c1-16-10-12-18(13-11-16)24-20-9-5-8-19(20)21(23-24)22(25)26-15-14-17-6-3-2-4-7-17/h2-4,6-7,10-13H,5,8-9,14-15H2,1H3. The predicted molar refractivity (Wildman–Crippen MR) is 101 cm³/mol. The topological polar surface area (TPSA) is 44.1 Å². The number of hydrogen-bond donors (Lipinski definition) is 0. The summed E-state index contributed by atoms with van der Waals surface area (Å²) in [6, 6.07) is 18.3. The number of hydrogen-bond acceptors (Lipinski definition) is 3. The summed E-state index contributed by atoms with van der Waals surface area (Å²) < 4.78 is 7.42. The number of nitrogens with zero attached hydrogens (tertiary/aromatic N) is 2. The summed E-state index contributed by atoms with van der Waals surface area (Å²) in [5.41, 5.74) is 6.04. The molecule has 0 fully saturated rings. The Labute approximate surface area is 153 Å². The number of aromatic nitrogens is 2. The molecular formula is C22H22N2O2. The first kappa shape index (κ1) is 16.6. The van der Waals surface area contributed by atoms with Gasteiger partial charge in [0.1, 0.15) is 0 Å². The first-order chi connectivity index (χ1) is 12.7. The number of esters is 1. The summed E-state index contributed by atoms with van der Waals surface area (Å²) in [5.74, 6) is -0.315. The van der Waals surface area contributed by atoms with E-state index in [-0.39, 0.29) is 5.97 Å². The van der Waals surface area contributed by atoms with Crippen molar-refractivity contribution in [3.63, 3.8) is 0 Å².